The summed E-state index contributed by atoms with van der Waals surface area (Å²) in [5.74, 6) is -0.937. The van der Waals surface area contributed by atoms with Crippen molar-refractivity contribution in [2.24, 2.45) is 5.92 Å². The average molecular weight is 550 g/mol. The SMILES string of the molecule is Cc1onc(-c2ccccc2)c1NC(=O)Oc1ccc(-c2ccc(S(=O)(=O)N[C@@H](C(=O)O)C(C)C)cc2)cc1. The van der Waals surface area contributed by atoms with Gasteiger partial charge in [0.05, 0.1) is 4.90 Å². The molecule has 1 amide bonds. The van der Waals surface area contributed by atoms with Gasteiger partial charge in [0.15, 0.2) is 5.76 Å². The second-order valence-electron chi connectivity index (χ2n) is 9.07. The van der Waals surface area contributed by atoms with E-state index in [1.807, 2.05) is 30.3 Å². The van der Waals surface area contributed by atoms with Gasteiger partial charge in [-0.2, -0.15) is 4.72 Å². The summed E-state index contributed by atoms with van der Waals surface area (Å²) in [5.41, 5.74) is 3.16. The van der Waals surface area contributed by atoms with Gasteiger partial charge in [0, 0.05) is 5.56 Å². The number of hydrogen-bond acceptors (Lipinski definition) is 7. The number of benzene rings is 3. The molecule has 10 nitrogen and oxygen atoms in total. The third-order valence-electron chi connectivity index (χ3n) is 5.91. The number of carbonyl (C=O) groups excluding carboxylic acids is 1. The Kier molecular flexibility index (Phi) is 8.12. The molecule has 3 N–H and O–H groups in total. The van der Waals surface area contributed by atoms with Crippen molar-refractivity contribution >= 4 is 27.8 Å². The Balaban J connectivity index is 1.42. The van der Waals surface area contributed by atoms with Crippen molar-refractivity contribution in [2.75, 3.05) is 5.32 Å². The molecule has 1 atom stereocenters. The summed E-state index contributed by atoms with van der Waals surface area (Å²) in [6.07, 6.45) is -0.714. The zero-order valence-electron chi connectivity index (χ0n) is 21.4. The van der Waals surface area contributed by atoms with Crippen molar-refractivity contribution in [3.05, 3.63) is 84.6 Å². The topological polar surface area (TPSA) is 148 Å². The highest BCUT2D eigenvalue weighted by Gasteiger charge is 2.28. The Hall–Kier alpha value is -4.48. The molecule has 11 heteroatoms. The van der Waals surface area contributed by atoms with Gasteiger partial charge in [0.2, 0.25) is 10.0 Å². The van der Waals surface area contributed by atoms with Gasteiger partial charge < -0.3 is 14.4 Å². The van der Waals surface area contributed by atoms with Crippen LogP contribution in [0.2, 0.25) is 0 Å². The molecule has 0 unspecified atom stereocenters. The first kappa shape index (κ1) is 27.6. The summed E-state index contributed by atoms with van der Waals surface area (Å²) in [7, 11) is -4.02. The zero-order valence-corrected chi connectivity index (χ0v) is 22.2. The number of hydrogen-bond donors (Lipinski definition) is 3. The zero-order chi connectivity index (χ0) is 28.2. The molecule has 0 spiro atoms. The molecule has 4 rings (SSSR count). The van der Waals surface area contributed by atoms with E-state index in [9.17, 15) is 23.1 Å². The van der Waals surface area contributed by atoms with Gasteiger partial charge in [-0.1, -0.05) is 73.6 Å². The maximum Gasteiger partial charge on any atom is 0.417 e. The Bertz CT molecular complexity index is 1560. The van der Waals surface area contributed by atoms with Crippen LogP contribution >= 0.6 is 0 Å². The number of sulfonamides is 1. The van der Waals surface area contributed by atoms with E-state index >= 15 is 0 Å². The predicted octanol–water partition coefficient (Wildman–Crippen LogP) is 5.32. The van der Waals surface area contributed by atoms with Gasteiger partial charge >= 0.3 is 12.1 Å². The highest BCUT2D eigenvalue weighted by molar-refractivity contribution is 7.89. The lowest BCUT2D eigenvalue weighted by atomic mass is 10.1. The van der Waals surface area contributed by atoms with Gasteiger partial charge in [0.25, 0.3) is 0 Å². The highest BCUT2D eigenvalue weighted by Crippen LogP contribution is 2.30. The lowest BCUT2D eigenvalue weighted by Gasteiger charge is -2.18. The van der Waals surface area contributed by atoms with Crippen molar-refractivity contribution in [1.29, 1.82) is 0 Å². The van der Waals surface area contributed by atoms with Crippen LogP contribution in [0.25, 0.3) is 22.4 Å². The first-order valence-electron chi connectivity index (χ1n) is 12.0. The molecule has 0 aliphatic rings. The van der Waals surface area contributed by atoms with Crippen LogP contribution in [0.15, 0.2) is 88.3 Å². The third kappa shape index (κ3) is 6.51. The number of aliphatic carboxylic acids is 1. The Labute approximate surface area is 225 Å². The molecule has 39 heavy (non-hydrogen) atoms. The third-order valence-corrected chi connectivity index (χ3v) is 7.37. The number of rotatable bonds is 9. The lowest BCUT2D eigenvalue weighted by Crippen LogP contribution is -2.44. The van der Waals surface area contributed by atoms with Crippen LogP contribution in [0.4, 0.5) is 10.5 Å². The summed E-state index contributed by atoms with van der Waals surface area (Å²) < 4.78 is 38.2. The minimum absolute atomic E-state index is 0.0475. The molecule has 0 aliphatic carbocycles. The van der Waals surface area contributed by atoms with Crippen molar-refractivity contribution < 1.29 is 32.4 Å². The van der Waals surface area contributed by atoms with E-state index < -0.39 is 34.0 Å². The quantitative estimate of drug-likeness (QED) is 0.254. The summed E-state index contributed by atoms with van der Waals surface area (Å²) in [4.78, 5) is 23.9. The van der Waals surface area contributed by atoms with Crippen molar-refractivity contribution in [3.8, 4) is 28.1 Å². The van der Waals surface area contributed by atoms with Crippen LogP contribution in [0, 0.1) is 12.8 Å². The van der Waals surface area contributed by atoms with Crippen LogP contribution in [0.1, 0.15) is 19.6 Å². The molecule has 0 saturated carbocycles. The molecule has 1 aromatic heterocycles. The molecule has 0 bridgehead atoms. The van der Waals surface area contributed by atoms with Crippen LogP contribution in [-0.4, -0.2) is 36.8 Å². The number of carboxylic acid groups (broad SMARTS) is 1. The molecule has 0 aliphatic heterocycles. The van der Waals surface area contributed by atoms with Crippen LogP contribution in [0.5, 0.6) is 5.75 Å². The molecular weight excluding hydrogens is 522 g/mol. The maximum absolute atomic E-state index is 12.6. The van der Waals surface area contributed by atoms with Crippen molar-refractivity contribution in [2.45, 2.75) is 31.7 Å². The standard InChI is InChI=1S/C28H27N3O7S/c1-17(2)24(27(32)33)31-39(35,36)23-15-11-20(12-16-23)19-9-13-22(14-10-19)37-28(34)29-25-18(3)38-30-26(25)21-7-5-4-6-8-21/h4-17,24,31H,1-3H3,(H,29,34)(H,32,33)/t24-/m1/s1. The number of nitrogens with zero attached hydrogens (tertiary/aromatic N) is 1. The number of nitrogens with one attached hydrogen (secondary N) is 2. The smallest absolute Gasteiger partial charge is 0.417 e. The van der Waals surface area contributed by atoms with Crippen LogP contribution in [-0.2, 0) is 14.8 Å². The fraction of sp³-hybridized carbons (Fsp3) is 0.179. The molecular formula is C28H27N3O7S. The van der Waals surface area contributed by atoms with Crippen LogP contribution in [0.3, 0.4) is 0 Å². The van der Waals surface area contributed by atoms with Gasteiger partial charge in [-0.15, -0.1) is 0 Å². The van der Waals surface area contributed by atoms with E-state index in [-0.39, 0.29) is 4.90 Å². The molecule has 202 valence electrons. The Morgan fingerprint density at radius 2 is 1.49 bits per heavy atom. The van der Waals surface area contributed by atoms with E-state index in [1.54, 1.807) is 57.2 Å². The molecule has 4 aromatic rings. The van der Waals surface area contributed by atoms with Crippen molar-refractivity contribution in [3.63, 3.8) is 0 Å². The number of anilines is 1. The summed E-state index contributed by atoms with van der Waals surface area (Å²) >= 11 is 0. The van der Waals surface area contributed by atoms with Gasteiger partial charge in [-0.25, -0.2) is 13.2 Å². The second kappa shape index (κ2) is 11.5. The normalized spacial score (nSPS) is 12.2. The van der Waals surface area contributed by atoms with E-state index in [1.165, 1.54) is 12.1 Å². The number of carbonyl (C=O) groups is 2. The molecule has 1 heterocycles. The predicted molar refractivity (Wildman–Crippen MR) is 145 cm³/mol. The van der Waals surface area contributed by atoms with Crippen LogP contribution < -0.4 is 14.8 Å². The minimum atomic E-state index is -4.02. The fourth-order valence-electron chi connectivity index (χ4n) is 3.80. The second-order valence-corrected chi connectivity index (χ2v) is 10.8. The molecule has 3 aromatic carbocycles. The lowest BCUT2D eigenvalue weighted by molar-refractivity contribution is -0.140. The first-order chi connectivity index (χ1) is 18.5. The highest BCUT2D eigenvalue weighted by atomic mass is 32.2. The van der Waals surface area contributed by atoms with E-state index in [0.29, 0.717) is 22.9 Å². The fourth-order valence-corrected chi connectivity index (χ4v) is 5.13. The number of aryl methyl sites for hydroxylation is 1. The molecule has 0 fully saturated rings. The van der Waals surface area contributed by atoms with E-state index in [4.69, 9.17) is 9.26 Å². The van der Waals surface area contributed by atoms with E-state index in [2.05, 4.69) is 15.2 Å². The number of ether oxygens (including phenoxy) is 1. The van der Waals surface area contributed by atoms with Gasteiger partial charge in [-0.05, 0) is 48.2 Å². The first-order valence-corrected chi connectivity index (χ1v) is 13.5. The van der Waals surface area contributed by atoms with Crippen molar-refractivity contribution in [1.82, 2.24) is 9.88 Å². The summed E-state index contributed by atoms with van der Waals surface area (Å²) in [6, 6.07) is 20.8. The largest absolute Gasteiger partial charge is 0.480 e. The molecule has 0 radical (unpaired) electrons. The molecule has 0 saturated heterocycles. The number of amides is 1. The summed E-state index contributed by atoms with van der Waals surface area (Å²) in [5, 5.41) is 16.0. The average Bonchev–Trinajstić information content (AvgIpc) is 3.27. The number of aromatic nitrogens is 1. The summed E-state index contributed by atoms with van der Waals surface area (Å²) in [6.45, 7) is 4.93. The van der Waals surface area contributed by atoms with Gasteiger partial charge in [-0.3, -0.25) is 10.1 Å². The van der Waals surface area contributed by atoms with Gasteiger partial charge in [0.1, 0.15) is 23.2 Å². The minimum Gasteiger partial charge on any atom is -0.480 e. The Morgan fingerprint density at radius 3 is 2.05 bits per heavy atom. The van der Waals surface area contributed by atoms with E-state index in [0.717, 1.165) is 16.7 Å². The number of carboxylic acids is 1. The maximum atomic E-state index is 12.6. The Morgan fingerprint density at radius 1 is 0.897 bits per heavy atom. The monoisotopic (exact) mass is 549 g/mol.